The van der Waals surface area contributed by atoms with Crippen LogP contribution >= 0.6 is 0 Å². The molecule has 2 atom stereocenters. The summed E-state index contributed by atoms with van der Waals surface area (Å²) >= 11 is 0. The monoisotopic (exact) mass is 326 g/mol. The van der Waals surface area contributed by atoms with Crippen LogP contribution in [0.5, 0.6) is 0 Å². The van der Waals surface area contributed by atoms with Crippen LogP contribution < -0.4 is 5.32 Å². The third kappa shape index (κ3) is 4.03. The van der Waals surface area contributed by atoms with Crippen molar-refractivity contribution in [1.29, 1.82) is 0 Å². The predicted octanol–water partition coefficient (Wildman–Crippen LogP) is 5.27. The Kier molecular flexibility index (Phi) is 6.53. The lowest BCUT2D eigenvalue weighted by molar-refractivity contribution is 0.155. The molecule has 0 bridgehead atoms. The molecule has 1 aliphatic rings. The van der Waals surface area contributed by atoms with Crippen molar-refractivity contribution in [2.24, 2.45) is 5.92 Å². The van der Waals surface area contributed by atoms with Crippen LogP contribution in [0.2, 0.25) is 0 Å². The molecule has 1 saturated heterocycles. The molecule has 1 N–H and O–H groups in total. The third-order valence-corrected chi connectivity index (χ3v) is 5.37. The number of rotatable bonds is 7. The summed E-state index contributed by atoms with van der Waals surface area (Å²) in [5.41, 5.74) is 5.10. The lowest BCUT2D eigenvalue weighted by atomic mass is 9.87. The molecule has 1 aliphatic heterocycles. The molecule has 1 heterocycles. The summed E-state index contributed by atoms with van der Waals surface area (Å²) in [6.45, 7) is 18.6. The Bertz CT molecular complexity index is 554. The molecule has 0 saturated carbocycles. The van der Waals surface area contributed by atoms with Gasteiger partial charge in [-0.3, -0.25) is 0 Å². The number of benzene rings is 1. The van der Waals surface area contributed by atoms with Crippen molar-refractivity contribution in [1.82, 2.24) is 10.2 Å². The van der Waals surface area contributed by atoms with Gasteiger partial charge in [0.15, 0.2) is 0 Å². The fraction of sp³-hybridized carbons (Fsp3) is 0.545. The van der Waals surface area contributed by atoms with E-state index in [1.165, 1.54) is 23.2 Å². The van der Waals surface area contributed by atoms with Gasteiger partial charge in [0.1, 0.15) is 0 Å². The molecule has 24 heavy (non-hydrogen) atoms. The van der Waals surface area contributed by atoms with Crippen LogP contribution in [0.4, 0.5) is 0 Å². The van der Waals surface area contributed by atoms with Gasteiger partial charge in [0.25, 0.3) is 0 Å². The first-order valence-electron chi connectivity index (χ1n) is 9.50. The molecule has 0 aliphatic carbocycles. The molecular formula is C22H34N2. The zero-order valence-electron chi connectivity index (χ0n) is 15.9. The molecule has 132 valence electrons. The highest BCUT2D eigenvalue weighted by Crippen LogP contribution is 2.32. The SMILES string of the molecule is C=C1NC(C)C(=C)N(Cc2ccc(CCC)cc2)[C@@H]1C(CC)CC. The topological polar surface area (TPSA) is 15.3 Å². The summed E-state index contributed by atoms with van der Waals surface area (Å²) in [5, 5.41) is 3.53. The number of nitrogens with zero attached hydrogens (tertiary/aromatic N) is 1. The Labute approximate surface area is 148 Å². The van der Waals surface area contributed by atoms with Crippen molar-refractivity contribution in [2.45, 2.75) is 72.0 Å². The van der Waals surface area contributed by atoms with Crippen LogP contribution in [0.15, 0.2) is 48.8 Å². The van der Waals surface area contributed by atoms with Gasteiger partial charge in [-0.25, -0.2) is 0 Å². The quantitative estimate of drug-likeness (QED) is 0.735. The van der Waals surface area contributed by atoms with E-state index in [1.807, 2.05) is 0 Å². The summed E-state index contributed by atoms with van der Waals surface area (Å²) in [5.74, 6) is 0.605. The largest absolute Gasteiger partial charge is 0.379 e. The van der Waals surface area contributed by atoms with Crippen LogP contribution in [0.3, 0.4) is 0 Å². The number of aryl methyl sites for hydroxylation is 1. The van der Waals surface area contributed by atoms with Gasteiger partial charge in [-0.1, -0.05) is 77.5 Å². The van der Waals surface area contributed by atoms with E-state index in [1.54, 1.807) is 0 Å². The second-order valence-electron chi connectivity index (χ2n) is 7.10. The van der Waals surface area contributed by atoms with Crippen molar-refractivity contribution in [3.63, 3.8) is 0 Å². The van der Waals surface area contributed by atoms with Crippen molar-refractivity contribution >= 4 is 0 Å². The molecule has 0 spiro atoms. The molecule has 0 radical (unpaired) electrons. The van der Waals surface area contributed by atoms with Gasteiger partial charge in [-0.05, 0) is 30.4 Å². The summed E-state index contributed by atoms with van der Waals surface area (Å²) in [6.07, 6.45) is 4.68. The van der Waals surface area contributed by atoms with Crippen LogP contribution in [0, 0.1) is 5.92 Å². The zero-order chi connectivity index (χ0) is 17.7. The van der Waals surface area contributed by atoms with Crippen molar-refractivity contribution in [2.75, 3.05) is 0 Å². The first-order chi connectivity index (χ1) is 11.5. The van der Waals surface area contributed by atoms with Gasteiger partial charge in [0, 0.05) is 17.9 Å². The van der Waals surface area contributed by atoms with E-state index in [-0.39, 0.29) is 6.04 Å². The lowest BCUT2D eigenvalue weighted by Crippen LogP contribution is -2.53. The van der Waals surface area contributed by atoms with E-state index >= 15 is 0 Å². The van der Waals surface area contributed by atoms with Crippen molar-refractivity contribution in [3.8, 4) is 0 Å². The van der Waals surface area contributed by atoms with E-state index in [2.05, 4.69) is 75.3 Å². The molecular weight excluding hydrogens is 292 g/mol. The van der Waals surface area contributed by atoms with E-state index < -0.39 is 0 Å². The van der Waals surface area contributed by atoms with E-state index in [4.69, 9.17) is 0 Å². The first-order valence-corrected chi connectivity index (χ1v) is 9.50. The minimum absolute atomic E-state index is 0.252. The van der Waals surface area contributed by atoms with Crippen LogP contribution in [0.25, 0.3) is 0 Å². The molecule has 2 rings (SSSR count). The van der Waals surface area contributed by atoms with E-state index in [9.17, 15) is 0 Å². The smallest absolute Gasteiger partial charge is 0.0711 e. The van der Waals surface area contributed by atoms with Gasteiger partial charge in [-0.15, -0.1) is 0 Å². The minimum atomic E-state index is 0.252. The predicted molar refractivity (Wildman–Crippen MR) is 105 cm³/mol. The fourth-order valence-electron chi connectivity index (χ4n) is 3.83. The molecule has 1 aromatic rings. The van der Waals surface area contributed by atoms with Crippen LogP contribution in [0.1, 0.15) is 58.1 Å². The van der Waals surface area contributed by atoms with Crippen molar-refractivity contribution < 1.29 is 0 Å². The molecule has 1 unspecified atom stereocenters. The van der Waals surface area contributed by atoms with Gasteiger partial charge in [0.05, 0.1) is 12.1 Å². The Morgan fingerprint density at radius 1 is 1.04 bits per heavy atom. The summed E-state index contributed by atoms with van der Waals surface area (Å²) in [6, 6.07) is 9.68. The standard InChI is InChI=1S/C22H34N2/c1-7-10-19-11-13-20(14-12-19)15-24-18(6)16(4)23-17(5)22(24)21(8-2)9-3/h11-14,16,21-23H,5-10,15H2,1-4H3/t16?,22-/m0/s1. The van der Waals surface area contributed by atoms with Gasteiger partial charge in [-0.2, -0.15) is 0 Å². The Morgan fingerprint density at radius 3 is 2.17 bits per heavy atom. The number of nitrogens with one attached hydrogen (secondary N) is 1. The molecule has 2 heteroatoms. The molecule has 1 fully saturated rings. The number of hydrogen-bond acceptors (Lipinski definition) is 2. The van der Waals surface area contributed by atoms with Crippen LogP contribution in [-0.4, -0.2) is 17.0 Å². The highest BCUT2D eigenvalue weighted by atomic mass is 15.3. The average molecular weight is 327 g/mol. The highest BCUT2D eigenvalue weighted by Gasteiger charge is 2.35. The summed E-state index contributed by atoms with van der Waals surface area (Å²) < 4.78 is 0. The Balaban J connectivity index is 2.24. The summed E-state index contributed by atoms with van der Waals surface area (Å²) in [7, 11) is 0. The zero-order valence-corrected chi connectivity index (χ0v) is 15.9. The first kappa shape index (κ1) is 18.6. The van der Waals surface area contributed by atoms with Crippen LogP contribution in [-0.2, 0) is 13.0 Å². The molecule has 1 aromatic carbocycles. The minimum Gasteiger partial charge on any atom is -0.379 e. The molecule has 0 amide bonds. The summed E-state index contributed by atoms with van der Waals surface area (Å²) in [4.78, 5) is 2.48. The maximum atomic E-state index is 4.38. The lowest BCUT2D eigenvalue weighted by Gasteiger charge is -2.47. The van der Waals surface area contributed by atoms with E-state index in [0.29, 0.717) is 12.0 Å². The Morgan fingerprint density at radius 2 is 1.62 bits per heavy atom. The fourth-order valence-corrected chi connectivity index (χ4v) is 3.83. The average Bonchev–Trinajstić information content (AvgIpc) is 2.57. The molecule has 2 nitrogen and oxygen atoms in total. The molecule has 0 aromatic heterocycles. The normalized spacial score (nSPS) is 21.3. The maximum absolute atomic E-state index is 4.38. The second kappa shape index (κ2) is 8.41. The van der Waals surface area contributed by atoms with Gasteiger partial charge < -0.3 is 10.2 Å². The highest BCUT2D eigenvalue weighted by molar-refractivity contribution is 5.27. The van der Waals surface area contributed by atoms with Gasteiger partial charge >= 0.3 is 0 Å². The third-order valence-electron chi connectivity index (χ3n) is 5.37. The Hall–Kier alpha value is -1.70. The van der Waals surface area contributed by atoms with E-state index in [0.717, 1.165) is 31.5 Å². The number of hydrogen-bond donors (Lipinski definition) is 1. The maximum Gasteiger partial charge on any atom is 0.0711 e. The number of piperazine rings is 1. The van der Waals surface area contributed by atoms with Crippen molar-refractivity contribution in [3.05, 3.63) is 59.9 Å². The van der Waals surface area contributed by atoms with Gasteiger partial charge in [0.2, 0.25) is 0 Å². The second-order valence-corrected chi connectivity index (χ2v) is 7.10.